The van der Waals surface area contributed by atoms with Gasteiger partial charge in [0, 0.05) is 4.47 Å². The Bertz CT molecular complexity index is 629. The van der Waals surface area contributed by atoms with Crippen LogP contribution in [0.25, 0.3) is 0 Å². The Morgan fingerprint density at radius 3 is 2.58 bits per heavy atom. The molecule has 19 heavy (non-hydrogen) atoms. The van der Waals surface area contributed by atoms with Crippen molar-refractivity contribution in [2.75, 3.05) is 0 Å². The van der Waals surface area contributed by atoms with E-state index in [0.29, 0.717) is 16.9 Å². The van der Waals surface area contributed by atoms with Crippen molar-refractivity contribution < 1.29 is 0 Å². The summed E-state index contributed by atoms with van der Waals surface area (Å²) in [5, 5.41) is 3.19. The summed E-state index contributed by atoms with van der Waals surface area (Å²) in [5.74, 6) is 0.506. The van der Waals surface area contributed by atoms with Crippen LogP contribution < -0.4 is 5.56 Å². The van der Waals surface area contributed by atoms with Gasteiger partial charge in [0.15, 0.2) is 0 Å². The highest BCUT2D eigenvalue weighted by Gasteiger charge is 2.13. The Kier molecular flexibility index (Phi) is 4.68. The van der Waals surface area contributed by atoms with Gasteiger partial charge in [0.2, 0.25) is 0 Å². The van der Waals surface area contributed by atoms with E-state index in [2.05, 4.69) is 50.8 Å². The lowest BCUT2D eigenvalue weighted by Gasteiger charge is -2.05. The van der Waals surface area contributed by atoms with Crippen molar-refractivity contribution in [2.45, 2.75) is 26.8 Å². The van der Waals surface area contributed by atoms with Gasteiger partial charge in [-0.3, -0.25) is 9.89 Å². The van der Waals surface area contributed by atoms with Gasteiger partial charge in [0.05, 0.1) is 12.2 Å². The number of H-pyrrole nitrogens is 1. The normalized spacial score (nSPS) is 11.2. The van der Waals surface area contributed by atoms with Gasteiger partial charge in [-0.2, -0.15) is 0 Å². The van der Waals surface area contributed by atoms with Gasteiger partial charge in [-0.1, -0.05) is 48.0 Å². The summed E-state index contributed by atoms with van der Waals surface area (Å²) >= 11 is 6.89. The number of nitrogens with one attached hydrogen (secondary N) is 1. The van der Waals surface area contributed by atoms with E-state index in [1.165, 1.54) is 0 Å². The summed E-state index contributed by atoms with van der Waals surface area (Å²) in [6.07, 6.45) is 0.860. The molecule has 0 aliphatic rings. The van der Waals surface area contributed by atoms with Crippen LogP contribution in [-0.2, 0) is 13.0 Å². The molecule has 0 unspecified atom stereocenters. The summed E-state index contributed by atoms with van der Waals surface area (Å²) in [4.78, 5) is 12.2. The van der Waals surface area contributed by atoms with E-state index >= 15 is 0 Å². The van der Waals surface area contributed by atoms with Crippen LogP contribution in [0.4, 0.5) is 0 Å². The predicted octanol–water partition coefficient (Wildman–Crippen LogP) is 3.95. The van der Waals surface area contributed by atoms with Gasteiger partial charge in [0.1, 0.15) is 4.47 Å². The molecule has 0 spiro atoms. The Morgan fingerprint density at radius 2 is 1.95 bits per heavy atom. The predicted molar refractivity (Wildman–Crippen MR) is 84.5 cm³/mol. The van der Waals surface area contributed by atoms with Crippen molar-refractivity contribution in [2.24, 2.45) is 5.92 Å². The van der Waals surface area contributed by atoms with E-state index in [0.717, 1.165) is 22.2 Å². The van der Waals surface area contributed by atoms with Crippen LogP contribution in [0, 0.1) is 5.92 Å². The van der Waals surface area contributed by atoms with E-state index in [1.54, 1.807) is 4.68 Å². The van der Waals surface area contributed by atoms with Crippen molar-refractivity contribution in [1.29, 1.82) is 0 Å². The molecule has 1 aromatic carbocycles. The van der Waals surface area contributed by atoms with Crippen molar-refractivity contribution in [3.63, 3.8) is 0 Å². The lowest BCUT2D eigenvalue weighted by Crippen LogP contribution is -2.17. The van der Waals surface area contributed by atoms with Gasteiger partial charge >= 0.3 is 0 Å². The second kappa shape index (κ2) is 6.09. The number of nitrogens with zero attached hydrogens (tertiary/aromatic N) is 1. The molecule has 1 aromatic heterocycles. The first-order valence-electron chi connectivity index (χ1n) is 6.19. The largest absolute Gasteiger partial charge is 0.298 e. The highest BCUT2D eigenvalue weighted by atomic mass is 79.9. The summed E-state index contributed by atoms with van der Waals surface area (Å²) in [6.45, 7) is 4.81. The quantitative estimate of drug-likeness (QED) is 0.847. The monoisotopic (exact) mass is 386 g/mol. The fourth-order valence-electron chi connectivity index (χ4n) is 1.96. The molecular weight excluding hydrogens is 372 g/mol. The molecule has 0 saturated carbocycles. The minimum atomic E-state index is -0.00796. The third-order valence-corrected chi connectivity index (χ3v) is 4.46. The zero-order chi connectivity index (χ0) is 14.0. The maximum atomic E-state index is 12.2. The van der Waals surface area contributed by atoms with Crippen LogP contribution in [0.3, 0.4) is 0 Å². The Balaban J connectivity index is 2.32. The fourth-order valence-corrected chi connectivity index (χ4v) is 2.84. The van der Waals surface area contributed by atoms with Crippen LogP contribution in [0.1, 0.15) is 25.1 Å². The van der Waals surface area contributed by atoms with E-state index in [9.17, 15) is 4.79 Å². The molecule has 1 heterocycles. The summed E-state index contributed by atoms with van der Waals surface area (Å²) in [6, 6.07) is 7.92. The molecule has 102 valence electrons. The molecule has 0 aliphatic heterocycles. The van der Waals surface area contributed by atoms with Crippen LogP contribution in [-0.4, -0.2) is 9.78 Å². The highest BCUT2D eigenvalue weighted by Crippen LogP contribution is 2.18. The molecule has 0 radical (unpaired) electrons. The Morgan fingerprint density at radius 1 is 1.26 bits per heavy atom. The molecule has 3 nitrogen and oxygen atoms in total. The molecule has 0 saturated heterocycles. The first-order chi connectivity index (χ1) is 8.99. The van der Waals surface area contributed by atoms with Crippen molar-refractivity contribution in [1.82, 2.24) is 9.78 Å². The number of benzene rings is 1. The smallest absolute Gasteiger partial charge is 0.281 e. The molecule has 5 heteroatoms. The van der Waals surface area contributed by atoms with E-state index in [4.69, 9.17) is 0 Å². The molecule has 0 amide bonds. The number of halogens is 2. The average Bonchev–Trinajstić information content (AvgIpc) is 2.60. The van der Waals surface area contributed by atoms with Crippen molar-refractivity contribution in [3.8, 4) is 0 Å². The minimum absolute atomic E-state index is 0.00796. The standard InChI is InChI=1S/C14H16Br2N2O/c1-9(2)7-12-13(16)14(19)18(17-12)8-10-5-3-4-6-11(10)15/h3-6,9,17H,7-8H2,1-2H3. The first-order valence-corrected chi connectivity index (χ1v) is 7.78. The van der Waals surface area contributed by atoms with Crippen LogP contribution in [0.15, 0.2) is 38.0 Å². The molecule has 2 rings (SSSR count). The first kappa shape index (κ1) is 14.6. The minimum Gasteiger partial charge on any atom is -0.298 e. The van der Waals surface area contributed by atoms with Gasteiger partial charge in [0.25, 0.3) is 5.56 Å². The maximum absolute atomic E-state index is 12.2. The van der Waals surface area contributed by atoms with E-state index in [1.807, 2.05) is 24.3 Å². The van der Waals surface area contributed by atoms with Crippen LogP contribution in [0.5, 0.6) is 0 Å². The third-order valence-electron chi connectivity index (χ3n) is 2.87. The van der Waals surface area contributed by atoms with Gasteiger partial charge in [-0.15, -0.1) is 0 Å². The number of hydrogen-bond donors (Lipinski definition) is 1. The van der Waals surface area contributed by atoms with Gasteiger partial charge < -0.3 is 0 Å². The summed E-state index contributed by atoms with van der Waals surface area (Å²) < 4.78 is 3.30. The van der Waals surface area contributed by atoms with Gasteiger partial charge in [-0.05, 0) is 39.9 Å². The molecule has 0 atom stereocenters. The highest BCUT2D eigenvalue weighted by molar-refractivity contribution is 9.10. The zero-order valence-electron chi connectivity index (χ0n) is 10.9. The lowest BCUT2D eigenvalue weighted by atomic mass is 10.1. The van der Waals surface area contributed by atoms with E-state index in [-0.39, 0.29) is 5.56 Å². The Labute approximate surface area is 129 Å². The molecule has 2 aromatic rings. The summed E-state index contributed by atoms with van der Waals surface area (Å²) in [5.41, 5.74) is 2.04. The SMILES string of the molecule is CC(C)Cc1[nH]n(Cc2ccccc2Br)c(=O)c1Br. The fraction of sp³-hybridized carbons (Fsp3) is 0.357. The van der Waals surface area contributed by atoms with Crippen LogP contribution >= 0.6 is 31.9 Å². The second-order valence-corrected chi connectivity index (χ2v) is 6.63. The topological polar surface area (TPSA) is 37.8 Å². The Hall–Kier alpha value is -0.810. The van der Waals surface area contributed by atoms with Crippen molar-refractivity contribution >= 4 is 31.9 Å². The second-order valence-electron chi connectivity index (χ2n) is 4.99. The molecule has 0 bridgehead atoms. The lowest BCUT2D eigenvalue weighted by molar-refractivity contribution is 0.602. The molecular formula is C14H16Br2N2O. The number of aromatic nitrogens is 2. The third kappa shape index (κ3) is 3.39. The van der Waals surface area contributed by atoms with Gasteiger partial charge in [-0.25, -0.2) is 4.68 Å². The number of aromatic amines is 1. The number of hydrogen-bond acceptors (Lipinski definition) is 1. The van der Waals surface area contributed by atoms with Crippen LogP contribution in [0.2, 0.25) is 0 Å². The summed E-state index contributed by atoms with van der Waals surface area (Å²) in [7, 11) is 0. The molecule has 0 aliphatic carbocycles. The number of rotatable bonds is 4. The molecule has 0 fully saturated rings. The average molecular weight is 388 g/mol. The zero-order valence-corrected chi connectivity index (χ0v) is 14.1. The van der Waals surface area contributed by atoms with Crippen molar-refractivity contribution in [3.05, 3.63) is 54.8 Å². The van der Waals surface area contributed by atoms with E-state index < -0.39 is 0 Å². The molecule has 1 N–H and O–H groups in total. The maximum Gasteiger partial charge on any atom is 0.281 e.